The van der Waals surface area contributed by atoms with Gasteiger partial charge in [-0.15, -0.1) is 0 Å². The SMILES string of the molecule is COc1cc2nccc(N[C@@H](CSSC[C@H](Nc3ccnc4cc(OC)c(C(N)=O)cc34)C(=O)O)C(=O)O)c2cc1C(N)=O. The molecule has 0 fully saturated rings. The van der Waals surface area contributed by atoms with Crippen LogP contribution in [0.4, 0.5) is 11.4 Å². The van der Waals surface area contributed by atoms with Crippen LogP contribution in [0.5, 0.6) is 11.5 Å². The highest BCUT2D eigenvalue weighted by Crippen LogP contribution is 2.32. The minimum atomic E-state index is -1.14. The quantitative estimate of drug-likeness (QED) is 0.0811. The molecular weight excluding hydrogens is 612 g/mol. The fraction of sp³-hybridized carbons (Fsp3) is 0.214. The van der Waals surface area contributed by atoms with E-state index in [-0.39, 0.29) is 34.1 Å². The Hall–Kier alpha value is -4.96. The molecule has 0 unspecified atom stereocenters. The molecule has 44 heavy (non-hydrogen) atoms. The molecule has 16 heteroatoms. The van der Waals surface area contributed by atoms with E-state index in [0.717, 1.165) is 0 Å². The van der Waals surface area contributed by atoms with E-state index in [9.17, 15) is 29.4 Å². The Morgan fingerprint density at radius 3 is 1.45 bits per heavy atom. The van der Waals surface area contributed by atoms with Gasteiger partial charge in [-0.1, -0.05) is 21.6 Å². The number of nitrogens with zero attached hydrogens (tertiary/aromatic N) is 2. The average molecular weight is 641 g/mol. The molecule has 2 aromatic heterocycles. The summed E-state index contributed by atoms with van der Waals surface area (Å²) in [5.74, 6) is -3.09. The van der Waals surface area contributed by atoms with Gasteiger partial charge in [0, 0.05) is 58.2 Å². The number of hydrogen-bond acceptors (Lipinski definition) is 12. The first-order valence-corrected chi connectivity index (χ1v) is 15.3. The molecule has 8 N–H and O–H groups in total. The largest absolute Gasteiger partial charge is 0.496 e. The van der Waals surface area contributed by atoms with E-state index >= 15 is 0 Å². The molecule has 2 atom stereocenters. The fourth-order valence-corrected chi connectivity index (χ4v) is 6.59. The first kappa shape index (κ1) is 32.0. The van der Waals surface area contributed by atoms with Gasteiger partial charge in [0.15, 0.2) is 0 Å². The highest BCUT2D eigenvalue weighted by Gasteiger charge is 2.23. The molecule has 2 amide bonds. The predicted molar refractivity (Wildman–Crippen MR) is 169 cm³/mol. The molecular formula is C28H28N6O8S2. The molecule has 0 spiro atoms. The minimum absolute atomic E-state index is 0.0644. The summed E-state index contributed by atoms with van der Waals surface area (Å²) in [6, 6.07) is 7.07. The number of benzene rings is 2. The normalized spacial score (nSPS) is 12.3. The molecule has 14 nitrogen and oxygen atoms in total. The van der Waals surface area contributed by atoms with E-state index in [1.54, 1.807) is 12.1 Å². The number of methoxy groups -OCH3 is 2. The number of primary amides is 2. The maximum atomic E-state index is 12.1. The summed E-state index contributed by atoms with van der Waals surface area (Å²) in [5.41, 5.74) is 13.0. The zero-order valence-corrected chi connectivity index (χ0v) is 25.0. The van der Waals surface area contributed by atoms with Crippen LogP contribution >= 0.6 is 21.6 Å². The number of amides is 2. The number of carbonyl (C=O) groups is 4. The Kier molecular flexibility index (Phi) is 10.2. The Morgan fingerprint density at radius 1 is 0.750 bits per heavy atom. The van der Waals surface area contributed by atoms with Crippen LogP contribution in [0.1, 0.15) is 20.7 Å². The number of ether oxygens (including phenoxy) is 2. The van der Waals surface area contributed by atoms with Crippen LogP contribution in [0.25, 0.3) is 21.8 Å². The molecule has 0 aliphatic rings. The number of hydrogen-bond donors (Lipinski definition) is 6. The first-order chi connectivity index (χ1) is 21.0. The number of carboxylic acid groups (broad SMARTS) is 2. The van der Waals surface area contributed by atoms with Gasteiger partial charge >= 0.3 is 11.9 Å². The fourth-order valence-electron chi connectivity index (χ4n) is 4.28. The lowest BCUT2D eigenvalue weighted by Crippen LogP contribution is -2.33. The molecule has 4 rings (SSSR count). The Bertz CT molecular complexity index is 1630. The van der Waals surface area contributed by atoms with Crippen molar-refractivity contribution in [2.24, 2.45) is 11.5 Å². The molecule has 2 aromatic carbocycles. The van der Waals surface area contributed by atoms with Crippen LogP contribution in [0.15, 0.2) is 48.8 Å². The highest BCUT2D eigenvalue weighted by molar-refractivity contribution is 8.76. The number of rotatable bonds is 15. The zero-order valence-electron chi connectivity index (χ0n) is 23.4. The summed E-state index contributed by atoms with van der Waals surface area (Å²) >= 11 is 0. The van der Waals surface area contributed by atoms with E-state index in [1.165, 1.54) is 72.5 Å². The standard InChI is InChI=1S/C28H28N6O8S2/c1-41-23-9-19-13(7-15(23)25(29)35)17(3-5-31-19)33-21(27(37)38)11-43-44-12-22(28(39)40)34-18-4-6-32-20-10-24(42-2)16(26(30)36)8-14(18)20/h3-10,21-22H,11-12H2,1-2H3,(H2,29,35)(H2,30,36)(H,31,33)(H,32,34)(H,37,38)(H,39,40)/t21-,22-/m0/s1. The summed E-state index contributed by atoms with van der Waals surface area (Å²) in [6.07, 6.45) is 2.98. The van der Waals surface area contributed by atoms with Crippen molar-refractivity contribution >= 4 is 78.5 Å². The third-order valence-electron chi connectivity index (χ3n) is 6.46. The van der Waals surface area contributed by atoms with Crippen molar-refractivity contribution in [2.75, 3.05) is 36.4 Å². The van der Waals surface area contributed by atoms with Gasteiger partial charge in [0.05, 0.1) is 36.4 Å². The van der Waals surface area contributed by atoms with Crippen LogP contribution < -0.4 is 31.6 Å². The van der Waals surface area contributed by atoms with Gasteiger partial charge in [-0.3, -0.25) is 19.6 Å². The highest BCUT2D eigenvalue weighted by atomic mass is 33.1. The Labute approximate surface area is 258 Å². The van der Waals surface area contributed by atoms with Gasteiger partial charge in [-0.05, 0) is 24.3 Å². The number of aromatic nitrogens is 2. The second-order valence-corrected chi connectivity index (χ2v) is 11.8. The van der Waals surface area contributed by atoms with E-state index in [2.05, 4.69) is 20.6 Å². The number of nitrogens with two attached hydrogens (primary N) is 2. The number of carboxylic acids is 2. The maximum absolute atomic E-state index is 12.1. The summed E-state index contributed by atoms with van der Waals surface area (Å²) in [6.45, 7) is 0. The second kappa shape index (κ2) is 14.0. The summed E-state index contributed by atoms with van der Waals surface area (Å²) in [4.78, 5) is 56.5. The number of aliphatic carboxylic acids is 2. The van der Waals surface area contributed by atoms with Gasteiger partial charge in [0.1, 0.15) is 23.6 Å². The molecule has 4 aromatic rings. The maximum Gasteiger partial charge on any atom is 0.327 e. The second-order valence-electron chi connectivity index (χ2n) is 9.22. The molecule has 0 bridgehead atoms. The minimum Gasteiger partial charge on any atom is -0.496 e. The van der Waals surface area contributed by atoms with Crippen molar-refractivity contribution < 1.29 is 38.9 Å². The number of pyridine rings is 2. The Morgan fingerprint density at radius 2 is 1.14 bits per heavy atom. The van der Waals surface area contributed by atoms with E-state index in [0.29, 0.717) is 33.2 Å². The Balaban J connectivity index is 1.46. The van der Waals surface area contributed by atoms with Gasteiger partial charge in [-0.25, -0.2) is 9.59 Å². The molecule has 0 radical (unpaired) electrons. The monoisotopic (exact) mass is 640 g/mol. The molecule has 2 heterocycles. The van der Waals surface area contributed by atoms with Gasteiger partial charge in [-0.2, -0.15) is 0 Å². The van der Waals surface area contributed by atoms with Crippen molar-refractivity contribution in [3.05, 3.63) is 59.9 Å². The smallest absolute Gasteiger partial charge is 0.327 e. The number of nitrogens with one attached hydrogen (secondary N) is 2. The van der Waals surface area contributed by atoms with Crippen LogP contribution in [0.2, 0.25) is 0 Å². The number of fused-ring (bicyclic) bond motifs is 2. The van der Waals surface area contributed by atoms with Crippen molar-refractivity contribution in [1.82, 2.24) is 9.97 Å². The molecule has 0 aliphatic heterocycles. The van der Waals surface area contributed by atoms with Crippen molar-refractivity contribution in [3.8, 4) is 11.5 Å². The van der Waals surface area contributed by atoms with E-state index in [4.69, 9.17) is 20.9 Å². The van der Waals surface area contributed by atoms with Crippen LogP contribution in [-0.4, -0.2) is 81.7 Å². The zero-order chi connectivity index (χ0) is 32.0. The first-order valence-electron chi connectivity index (χ1n) is 12.8. The van der Waals surface area contributed by atoms with Gasteiger partial charge in [0.2, 0.25) is 0 Å². The van der Waals surface area contributed by atoms with Crippen molar-refractivity contribution in [3.63, 3.8) is 0 Å². The topological polar surface area (TPSA) is 229 Å². The van der Waals surface area contributed by atoms with Crippen LogP contribution in [0.3, 0.4) is 0 Å². The molecule has 0 aliphatic carbocycles. The molecule has 0 saturated carbocycles. The number of anilines is 2. The van der Waals surface area contributed by atoms with Gasteiger partial charge in [0.25, 0.3) is 11.8 Å². The third-order valence-corrected chi connectivity index (χ3v) is 8.89. The molecule has 0 saturated heterocycles. The summed E-state index contributed by atoms with van der Waals surface area (Å²) in [5, 5.41) is 26.6. The number of carbonyl (C=O) groups excluding carboxylic acids is 2. The van der Waals surface area contributed by atoms with E-state index < -0.39 is 35.8 Å². The average Bonchev–Trinajstić information content (AvgIpc) is 3.00. The van der Waals surface area contributed by atoms with Crippen LogP contribution in [0, 0.1) is 0 Å². The van der Waals surface area contributed by atoms with Crippen molar-refractivity contribution in [1.29, 1.82) is 0 Å². The lowest BCUT2D eigenvalue weighted by Gasteiger charge is -2.19. The van der Waals surface area contributed by atoms with Crippen molar-refractivity contribution in [2.45, 2.75) is 12.1 Å². The summed E-state index contributed by atoms with van der Waals surface area (Å²) < 4.78 is 10.4. The predicted octanol–water partition coefficient (Wildman–Crippen LogP) is 2.81. The van der Waals surface area contributed by atoms with Crippen LogP contribution in [-0.2, 0) is 9.59 Å². The lowest BCUT2D eigenvalue weighted by molar-refractivity contribution is -0.138. The summed E-state index contributed by atoms with van der Waals surface area (Å²) in [7, 11) is 5.13. The van der Waals surface area contributed by atoms with Gasteiger partial charge < -0.3 is 41.8 Å². The van der Waals surface area contributed by atoms with E-state index in [1.807, 2.05) is 0 Å². The third kappa shape index (κ3) is 7.15. The lowest BCUT2D eigenvalue weighted by atomic mass is 10.1. The molecule has 230 valence electrons.